The number of aryl methyl sites for hydroxylation is 1. The molecule has 1 aliphatic rings. The normalized spacial score (nSPS) is 16.7. The summed E-state index contributed by atoms with van der Waals surface area (Å²) < 4.78 is 5.17. The van der Waals surface area contributed by atoms with E-state index >= 15 is 0 Å². The van der Waals surface area contributed by atoms with Gasteiger partial charge in [-0.3, -0.25) is 0 Å². The Morgan fingerprint density at radius 2 is 2.14 bits per heavy atom. The van der Waals surface area contributed by atoms with Crippen LogP contribution >= 0.6 is 0 Å². The third-order valence-electron chi connectivity index (χ3n) is 2.70. The fraction of sp³-hybridized carbons (Fsp3) is 0.600. The first-order chi connectivity index (χ1) is 6.72. The minimum absolute atomic E-state index is 0.0804. The molecule has 0 aromatic carbocycles. The highest BCUT2D eigenvalue weighted by Crippen LogP contribution is 2.26. The summed E-state index contributed by atoms with van der Waals surface area (Å²) in [6.07, 6.45) is 3.09. The Bertz CT molecular complexity index is 351. The van der Waals surface area contributed by atoms with Gasteiger partial charge in [0.25, 0.3) is 0 Å². The molecule has 2 N–H and O–H groups in total. The number of aromatic nitrogens is 2. The van der Waals surface area contributed by atoms with Crippen LogP contribution in [-0.4, -0.2) is 17.1 Å². The van der Waals surface area contributed by atoms with Gasteiger partial charge in [0.15, 0.2) is 5.82 Å². The van der Waals surface area contributed by atoms with Gasteiger partial charge in [0, 0.05) is 18.4 Å². The number of fused-ring (bicyclic) bond motifs is 1. The van der Waals surface area contributed by atoms with E-state index in [0.29, 0.717) is 11.6 Å². The van der Waals surface area contributed by atoms with Crippen LogP contribution in [0.25, 0.3) is 0 Å². The summed E-state index contributed by atoms with van der Waals surface area (Å²) in [6.45, 7) is 1.93. The standard InChI is InChI=1S/C10H15N3O/c1-6(14-2)10-12-8-5-3-4-7(8)9(11)13-10/h6H,3-5H2,1-2H3,(H2,11,12,13). The quantitative estimate of drug-likeness (QED) is 0.768. The predicted octanol–water partition coefficient (Wildman–Crippen LogP) is 1.25. The summed E-state index contributed by atoms with van der Waals surface area (Å²) in [5.74, 6) is 1.33. The van der Waals surface area contributed by atoms with Gasteiger partial charge in [0.1, 0.15) is 11.9 Å². The maximum atomic E-state index is 5.86. The van der Waals surface area contributed by atoms with Crippen LogP contribution in [0.4, 0.5) is 5.82 Å². The van der Waals surface area contributed by atoms with Gasteiger partial charge < -0.3 is 10.5 Å². The van der Waals surface area contributed by atoms with Crippen LogP contribution in [0.1, 0.15) is 36.5 Å². The van der Waals surface area contributed by atoms with E-state index in [1.165, 1.54) is 0 Å². The maximum absolute atomic E-state index is 5.86. The lowest BCUT2D eigenvalue weighted by Gasteiger charge is -2.10. The summed E-state index contributed by atoms with van der Waals surface area (Å²) in [4.78, 5) is 8.73. The largest absolute Gasteiger partial charge is 0.383 e. The number of anilines is 1. The van der Waals surface area contributed by atoms with E-state index in [1.807, 2.05) is 6.92 Å². The molecule has 2 rings (SSSR count). The average molecular weight is 193 g/mol. The zero-order valence-electron chi connectivity index (χ0n) is 8.58. The first-order valence-electron chi connectivity index (χ1n) is 4.90. The molecule has 0 radical (unpaired) electrons. The molecule has 1 aliphatic carbocycles. The minimum Gasteiger partial charge on any atom is -0.383 e. The van der Waals surface area contributed by atoms with E-state index in [4.69, 9.17) is 10.5 Å². The van der Waals surface area contributed by atoms with Crippen molar-refractivity contribution in [1.82, 2.24) is 9.97 Å². The van der Waals surface area contributed by atoms with Crippen LogP contribution in [0, 0.1) is 0 Å². The molecule has 1 atom stereocenters. The number of nitrogen functional groups attached to an aromatic ring is 1. The number of hydrogen-bond acceptors (Lipinski definition) is 4. The van der Waals surface area contributed by atoms with E-state index in [9.17, 15) is 0 Å². The summed E-state index contributed by atoms with van der Waals surface area (Å²) in [7, 11) is 1.65. The third kappa shape index (κ3) is 1.46. The molecular formula is C10H15N3O. The van der Waals surface area contributed by atoms with Gasteiger partial charge in [-0.15, -0.1) is 0 Å². The minimum atomic E-state index is -0.0804. The summed E-state index contributed by atoms with van der Waals surface area (Å²) >= 11 is 0. The Morgan fingerprint density at radius 1 is 1.36 bits per heavy atom. The lowest BCUT2D eigenvalue weighted by Crippen LogP contribution is -2.09. The molecule has 0 spiro atoms. The SMILES string of the molecule is COC(C)c1nc(N)c2c(n1)CCC2. The molecule has 1 aromatic heterocycles. The Balaban J connectivity index is 2.41. The second-order valence-corrected chi connectivity index (χ2v) is 3.62. The number of nitrogens with two attached hydrogens (primary N) is 1. The van der Waals surface area contributed by atoms with Crippen molar-refractivity contribution in [3.8, 4) is 0 Å². The van der Waals surface area contributed by atoms with Gasteiger partial charge in [-0.05, 0) is 26.2 Å². The van der Waals surface area contributed by atoms with Crippen molar-refractivity contribution < 1.29 is 4.74 Å². The molecule has 0 amide bonds. The lowest BCUT2D eigenvalue weighted by atomic mass is 10.2. The van der Waals surface area contributed by atoms with Crippen LogP contribution in [-0.2, 0) is 17.6 Å². The van der Waals surface area contributed by atoms with Crippen LogP contribution in [0.3, 0.4) is 0 Å². The number of ether oxygens (including phenoxy) is 1. The maximum Gasteiger partial charge on any atom is 0.159 e. The highest BCUT2D eigenvalue weighted by molar-refractivity contribution is 5.44. The molecule has 14 heavy (non-hydrogen) atoms. The Kier molecular flexibility index (Phi) is 2.37. The molecular weight excluding hydrogens is 178 g/mol. The van der Waals surface area contributed by atoms with Crippen molar-refractivity contribution in [2.24, 2.45) is 0 Å². The molecule has 1 aromatic rings. The molecule has 1 heterocycles. The zero-order valence-corrected chi connectivity index (χ0v) is 8.58. The molecule has 0 saturated heterocycles. The first-order valence-corrected chi connectivity index (χ1v) is 4.90. The van der Waals surface area contributed by atoms with Gasteiger partial charge >= 0.3 is 0 Å². The van der Waals surface area contributed by atoms with Gasteiger partial charge in [-0.1, -0.05) is 0 Å². The number of methoxy groups -OCH3 is 1. The van der Waals surface area contributed by atoms with Crippen LogP contribution in [0.15, 0.2) is 0 Å². The Hall–Kier alpha value is -1.16. The number of rotatable bonds is 2. The second kappa shape index (κ2) is 3.53. The first kappa shape index (κ1) is 9.40. The number of nitrogens with zero attached hydrogens (tertiary/aromatic N) is 2. The molecule has 0 aliphatic heterocycles. The molecule has 76 valence electrons. The van der Waals surface area contributed by atoms with E-state index in [1.54, 1.807) is 7.11 Å². The van der Waals surface area contributed by atoms with Gasteiger partial charge in [0.05, 0.1) is 0 Å². The Labute approximate surface area is 83.5 Å². The van der Waals surface area contributed by atoms with E-state index in [2.05, 4.69) is 9.97 Å². The summed E-state index contributed by atoms with van der Waals surface area (Å²) in [6, 6.07) is 0. The van der Waals surface area contributed by atoms with Crippen LogP contribution < -0.4 is 5.73 Å². The van der Waals surface area contributed by atoms with Gasteiger partial charge in [-0.25, -0.2) is 9.97 Å². The van der Waals surface area contributed by atoms with E-state index < -0.39 is 0 Å². The summed E-state index contributed by atoms with van der Waals surface area (Å²) in [5.41, 5.74) is 8.10. The van der Waals surface area contributed by atoms with Crippen molar-refractivity contribution in [1.29, 1.82) is 0 Å². The zero-order chi connectivity index (χ0) is 10.1. The van der Waals surface area contributed by atoms with Crippen LogP contribution in [0.5, 0.6) is 0 Å². The van der Waals surface area contributed by atoms with Crippen molar-refractivity contribution in [3.63, 3.8) is 0 Å². The molecule has 4 heteroatoms. The molecule has 0 bridgehead atoms. The fourth-order valence-electron chi connectivity index (χ4n) is 1.77. The van der Waals surface area contributed by atoms with E-state index in [-0.39, 0.29) is 6.10 Å². The van der Waals surface area contributed by atoms with Gasteiger partial charge in [-0.2, -0.15) is 0 Å². The third-order valence-corrected chi connectivity index (χ3v) is 2.70. The second-order valence-electron chi connectivity index (χ2n) is 3.62. The molecule has 1 unspecified atom stereocenters. The fourth-order valence-corrected chi connectivity index (χ4v) is 1.77. The van der Waals surface area contributed by atoms with Crippen molar-refractivity contribution in [2.45, 2.75) is 32.3 Å². The molecule has 0 saturated carbocycles. The molecule has 0 fully saturated rings. The number of hydrogen-bond donors (Lipinski definition) is 1. The summed E-state index contributed by atoms with van der Waals surface area (Å²) in [5, 5.41) is 0. The molecule has 4 nitrogen and oxygen atoms in total. The lowest BCUT2D eigenvalue weighted by molar-refractivity contribution is 0.112. The van der Waals surface area contributed by atoms with Crippen molar-refractivity contribution >= 4 is 5.82 Å². The Morgan fingerprint density at radius 3 is 2.86 bits per heavy atom. The van der Waals surface area contributed by atoms with Crippen LogP contribution in [0.2, 0.25) is 0 Å². The van der Waals surface area contributed by atoms with Gasteiger partial charge in [0.2, 0.25) is 0 Å². The monoisotopic (exact) mass is 193 g/mol. The highest BCUT2D eigenvalue weighted by atomic mass is 16.5. The predicted molar refractivity (Wildman–Crippen MR) is 53.9 cm³/mol. The highest BCUT2D eigenvalue weighted by Gasteiger charge is 2.19. The average Bonchev–Trinajstić information content (AvgIpc) is 2.64. The van der Waals surface area contributed by atoms with Crippen molar-refractivity contribution in [2.75, 3.05) is 12.8 Å². The van der Waals surface area contributed by atoms with Crippen molar-refractivity contribution in [3.05, 3.63) is 17.1 Å². The van der Waals surface area contributed by atoms with E-state index in [0.717, 1.165) is 30.5 Å². The topological polar surface area (TPSA) is 61.0 Å². The smallest absolute Gasteiger partial charge is 0.159 e.